The molecule has 0 aliphatic heterocycles. The molecule has 0 unspecified atom stereocenters. The molecule has 0 aliphatic carbocycles. The highest BCUT2D eigenvalue weighted by Gasteiger charge is 2.16. The van der Waals surface area contributed by atoms with Gasteiger partial charge < -0.3 is 10.2 Å². The van der Waals surface area contributed by atoms with Gasteiger partial charge in [-0.1, -0.05) is 60.1 Å². The van der Waals surface area contributed by atoms with Crippen molar-refractivity contribution in [2.75, 3.05) is 19.0 Å². The van der Waals surface area contributed by atoms with E-state index >= 15 is 0 Å². The van der Waals surface area contributed by atoms with Gasteiger partial charge >= 0.3 is 0 Å². The van der Waals surface area contributed by atoms with E-state index in [1.165, 1.54) is 6.21 Å². The number of carbonyl (C=O) groups excluding carboxylic acids is 2. The Morgan fingerprint density at radius 3 is 2.21 bits per heavy atom. The predicted molar refractivity (Wildman–Crippen MR) is 152 cm³/mol. The fraction of sp³-hybridized carbons (Fsp3) is 0.103. The molecule has 0 aliphatic rings. The molecule has 0 saturated heterocycles. The number of hydrazone groups is 1. The van der Waals surface area contributed by atoms with Crippen LogP contribution in [0.15, 0.2) is 95.7 Å². The molecule has 0 spiro atoms. The maximum absolute atomic E-state index is 13.1. The van der Waals surface area contributed by atoms with Crippen molar-refractivity contribution in [1.29, 1.82) is 0 Å². The van der Waals surface area contributed by atoms with Crippen molar-refractivity contribution in [3.05, 3.63) is 118 Å². The maximum atomic E-state index is 13.1. The molecule has 0 saturated carbocycles. The maximum Gasteiger partial charge on any atom is 0.287 e. The fourth-order valence-electron chi connectivity index (χ4n) is 3.59. The Labute approximate surface area is 226 Å². The summed E-state index contributed by atoms with van der Waals surface area (Å²) in [6, 6.07) is 25.7. The molecule has 1 heterocycles. The topological polar surface area (TPSA) is 91.6 Å². The van der Waals surface area contributed by atoms with Crippen LogP contribution >= 0.6 is 11.6 Å². The standard InChI is InChI=1S/C29H27ClN6O2/c1-20-25(27(30)36(34-20)24-12-8-5-9-13-24)19-31-33-29(38)26(32-28(37)22-10-6-4-7-11-22)18-21-14-16-23(17-15-21)35(2)3/h4-19H,1-3H3,(H,32,37)(H,33,38)/b26-18-,31-19-. The van der Waals surface area contributed by atoms with Crippen LogP contribution in [0.2, 0.25) is 5.15 Å². The van der Waals surface area contributed by atoms with Crippen LogP contribution in [0.5, 0.6) is 0 Å². The first-order valence-corrected chi connectivity index (χ1v) is 12.2. The van der Waals surface area contributed by atoms with E-state index in [1.807, 2.05) is 79.7 Å². The second kappa shape index (κ2) is 12.0. The van der Waals surface area contributed by atoms with Gasteiger partial charge in [0.15, 0.2) is 0 Å². The van der Waals surface area contributed by atoms with Gasteiger partial charge in [0.05, 0.1) is 23.2 Å². The van der Waals surface area contributed by atoms with E-state index < -0.39 is 11.8 Å². The number of nitrogens with zero attached hydrogens (tertiary/aromatic N) is 4. The van der Waals surface area contributed by atoms with Gasteiger partial charge in [-0.3, -0.25) is 9.59 Å². The molecule has 0 atom stereocenters. The second-order valence-electron chi connectivity index (χ2n) is 8.60. The molecule has 2 N–H and O–H groups in total. The number of rotatable bonds is 8. The van der Waals surface area contributed by atoms with Crippen molar-refractivity contribution >= 4 is 41.4 Å². The molecule has 4 rings (SSSR count). The number of aromatic nitrogens is 2. The van der Waals surface area contributed by atoms with Crippen molar-refractivity contribution in [2.45, 2.75) is 6.92 Å². The summed E-state index contributed by atoms with van der Waals surface area (Å²) in [6.07, 6.45) is 3.03. The van der Waals surface area contributed by atoms with Crippen LogP contribution in [0.25, 0.3) is 11.8 Å². The lowest BCUT2D eigenvalue weighted by Crippen LogP contribution is -2.32. The molecule has 3 aromatic carbocycles. The number of carbonyl (C=O) groups is 2. The number of aryl methyl sites for hydroxylation is 1. The minimum Gasteiger partial charge on any atom is -0.378 e. The van der Waals surface area contributed by atoms with Gasteiger partial charge in [0.1, 0.15) is 10.9 Å². The molecule has 4 aromatic rings. The van der Waals surface area contributed by atoms with E-state index in [0.717, 1.165) is 16.9 Å². The van der Waals surface area contributed by atoms with Crippen LogP contribution in [-0.4, -0.2) is 41.9 Å². The summed E-state index contributed by atoms with van der Waals surface area (Å²) in [5.41, 5.74) is 6.71. The normalized spacial score (nSPS) is 11.4. The van der Waals surface area contributed by atoms with E-state index in [2.05, 4.69) is 20.9 Å². The minimum atomic E-state index is -0.591. The minimum absolute atomic E-state index is 0.0383. The first kappa shape index (κ1) is 26.4. The number of nitrogens with one attached hydrogen (secondary N) is 2. The van der Waals surface area contributed by atoms with Crippen molar-refractivity contribution < 1.29 is 9.59 Å². The lowest BCUT2D eigenvalue weighted by molar-refractivity contribution is -0.117. The number of benzene rings is 3. The third-order valence-corrected chi connectivity index (χ3v) is 6.02. The summed E-state index contributed by atoms with van der Waals surface area (Å²) < 4.78 is 1.60. The van der Waals surface area contributed by atoms with E-state index in [1.54, 1.807) is 41.9 Å². The Morgan fingerprint density at radius 2 is 1.58 bits per heavy atom. The average molecular weight is 527 g/mol. The first-order valence-electron chi connectivity index (χ1n) is 11.8. The summed E-state index contributed by atoms with van der Waals surface area (Å²) in [4.78, 5) is 27.9. The third kappa shape index (κ3) is 6.35. The summed E-state index contributed by atoms with van der Waals surface area (Å²) in [5.74, 6) is -1.00. The molecular formula is C29H27ClN6O2. The summed E-state index contributed by atoms with van der Waals surface area (Å²) >= 11 is 6.55. The molecule has 0 bridgehead atoms. The molecule has 192 valence electrons. The van der Waals surface area contributed by atoms with Gasteiger partial charge in [0.25, 0.3) is 11.8 Å². The molecule has 9 heteroatoms. The number of amides is 2. The SMILES string of the molecule is Cc1nn(-c2ccccc2)c(Cl)c1/C=N\NC(=O)/C(=C/c1ccc(N(C)C)cc1)NC(=O)c1ccccc1. The van der Waals surface area contributed by atoms with Crippen LogP contribution < -0.4 is 15.6 Å². The number of halogens is 1. The van der Waals surface area contributed by atoms with Gasteiger partial charge in [-0.2, -0.15) is 10.2 Å². The fourth-order valence-corrected chi connectivity index (χ4v) is 3.91. The van der Waals surface area contributed by atoms with E-state index in [9.17, 15) is 9.59 Å². The smallest absolute Gasteiger partial charge is 0.287 e. The highest BCUT2D eigenvalue weighted by Crippen LogP contribution is 2.22. The lowest BCUT2D eigenvalue weighted by atomic mass is 10.1. The monoisotopic (exact) mass is 526 g/mol. The molecule has 8 nitrogen and oxygen atoms in total. The quantitative estimate of drug-likeness (QED) is 0.195. The average Bonchev–Trinajstić information content (AvgIpc) is 3.22. The zero-order chi connectivity index (χ0) is 27.1. The highest BCUT2D eigenvalue weighted by molar-refractivity contribution is 6.32. The second-order valence-corrected chi connectivity index (χ2v) is 8.96. The molecule has 0 radical (unpaired) electrons. The molecule has 0 fully saturated rings. The van der Waals surface area contributed by atoms with Gasteiger partial charge in [0.2, 0.25) is 0 Å². The van der Waals surface area contributed by atoms with Crippen LogP contribution in [0.4, 0.5) is 5.69 Å². The largest absolute Gasteiger partial charge is 0.378 e. The number of hydrogen-bond acceptors (Lipinski definition) is 5. The molecular weight excluding hydrogens is 500 g/mol. The first-order chi connectivity index (χ1) is 18.3. The molecule has 2 amide bonds. The van der Waals surface area contributed by atoms with E-state index in [4.69, 9.17) is 11.6 Å². The van der Waals surface area contributed by atoms with Crippen LogP contribution in [0.3, 0.4) is 0 Å². The Hall–Kier alpha value is -4.69. The molecule has 1 aromatic heterocycles. The van der Waals surface area contributed by atoms with Crippen molar-refractivity contribution in [1.82, 2.24) is 20.5 Å². The summed E-state index contributed by atoms with van der Waals surface area (Å²) in [7, 11) is 3.89. The zero-order valence-corrected chi connectivity index (χ0v) is 22.0. The Morgan fingerprint density at radius 1 is 0.947 bits per heavy atom. The van der Waals surface area contributed by atoms with Crippen molar-refractivity contribution in [3.8, 4) is 5.69 Å². The van der Waals surface area contributed by atoms with Gasteiger partial charge in [-0.15, -0.1) is 0 Å². The van der Waals surface area contributed by atoms with Gasteiger partial charge in [-0.25, -0.2) is 10.1 Å². The number of hydrogen-bond donors (Lipinski definition) is 2. The van der Waals surface area contributed by atoms with Gasteiger partial charge in [0, 0.05) is 25.3 Å². The number of para-hydroxylation sites is 1. The van der Waals surface area contributed by atoms with Gasteiger partial charge in [-0.05, 0) is 55.0 Å². The van der Waals surface area contributed by atoms with Crippen LogP contribution in [-0.2, 0) is 4.79 Å². The highest BCUT2D eigenvalue weighted by atomic mass is 35.5. The van der Waals surface area contributed by atoms with Crippen molar-refractivity contribution in [2.24, 2.45) is 5.10 Å². The molecule has 38 heavy (non-hydrogen) atoms. The zero-order valence-electron chi connectivity index (χ0n) is 21.2. The Kier molecular flexibility index (Phi) is 8.35. The lowest BCUT2D eigenvalue weighted by Gasteiger charge is -2.12. The van der Waals surface area contributed by atoms with Crippen LogP contribution in [0.1, 0.15) is 27.2 Å². The van der Waals surface area contributed by atoms with Crippen molar-refractivity contribution in [3.63, 3.8) is 0 Å². The Bertz CT molecular complexity index is 1480. The third-order valence-electron chi connectivity index (χ3n) is 5.66. The Balaban J connectivity index is 1.56. The van der Waals surface area contributed by atoms with E-state index in [0.29, 0.717) is 22.0 Å². The van der Waals surface area contributed by atoms with Crippen LogP contribution in [0, 0.1) is 6.92 Å². The summed E-state index contributed by atoms with van der Waals surface area (Å²) in [5, 5.41) is 11.6. The predicted octanol–water partition coefficient (Wildman–Crippen LogP) is 4.82. The van der Waals surface area contributed by atoms with E-state index in [-0.39, 0.29) is 5.70 Å². The summed E-state index contributed by atoms with van der Waals surface area (Å²) in [6.45, 7) is 1.80. The number of anilines is 1.